The minimum atomic E-state index is -0.457. The molecule has 156 valence electrons. The van der Waals surface area contributed by atoms with E-state index in [1.54, 1.807) is 50.6 Å². The van der Waals surface area contributed by atoms with Gasteiger partial charge in [0.1, 0.15) is 17.2 Å². The number of benzene rings is 2. The number of methoxy groups -OCH3 is 2. The lowest BCUT2D eigenvalue weighted by Gasteiger charge is -2.08. The summed E-state index contributed by atoms with van der Waals surface area (Å²) >= 11 is 0. The van der Waals surface area contributed by atoms with Crippen LogP contribution in [-0.4, -0.2) is 48.3 Å². The van der Waals surface area contributed by atoms with Crippen LogP contribution in [0, 0.1) is 0 Å². The van der Waals surface area contributed by atoms with Crippen molar-refractivity contribution in [2.75, 3.05) is 20.8 Å². The lowest BCUT2D eigenvalue weighted by Crippen LogP contribution is -2.18. The molecule has 1 heterocycles. The minimum Gasteiger partial charge on any atom is -0.504 e. The molecule has 0 bridgehead atoms. The van der Waals surface area contributed by atoms with Crippen LogP contribution in [0.15, 0.2) is 47.6 Å². The molecule has 1 amide bonds. The van der Waals surface area contributed by atoms with Crippen LogP contribution in [0.1, 0.15) is 23.0 Å². The van der Waals surface area contributed by atoms with Crippen molar-refractivity contribution in [1.29, 1.82) is 0 Å². The molecule has 0 atom stereocenters. The van der Waals surface area contributed by atoms with E-state index in [2.05, 4.69) is 20.7 Å². The fraction of sp³-hybridized carbons (Fsp3) is 0.190. The second-order valence-corrected chi connectivity index (χ2v) is 6.09. The highest BCUT2D eigenvalue weighted by molar-refractivity contribution is 5.94. The third kappa shape index (κ3) is 4.69. The van der Waals surface area contributed by atoms with Crippen LogP contribution in [0.3, 0.4) is 0 Å². The van der Waals surface area contributed by atoms with Crippen molar-refractivity contribution in [3.05, 3.63) is 53.7 Å². The molecular formula is C21H22N4O5. The van der Waals surface area contributed by atoms with Crippen LogP contribution >= 0.6 is 0 Å². The number of rotatable bonds is 8. The smallest absolute Gasteiger partial charge is 0.289 e. The van der Waals surface area contributed by atoms with E-state index in [4.69, 9.17) is 14.2 Å². The van der Waals surface area contributed by atoms with Crippen LogP contribution < -0.4 is 19.6 Å². The summed E-state index contributed by atoms with van der Waals surface area (Å²) in [4.78, 5) is 12.3. The molecule has 30 heavy (non-hydrogen) atoms. The van der Waals surface area contributed by atoms with E-state index in [0.29, 0.717) is 40.7 Å². The number of nitrogens with zero attached hydrogens (tertiary/aromatic N) is 2. The van der Waals surface area contributed by atoms with Gasteiger partial charge in [-0.1, -0.05) is 0 Å². The minimum absolute atomic E-state index is 0.0389. The molecule has 3 N–H and O–H groups in total. The molecule has 0 radical (unpaired) electrons. The quantitative estimate of drug-likeness (QED) is 0.388. The maximum absolute atomic E-state index is 12.3. The summed E-state index contributed by atoms with van der Waals surface area (Å²) in [7, 11) is 3.12. The Morgan fingerprint density at radius 1 is 1.17 bits per heavy atom. The van der Waals surface area contributed by atoms with Gasteiger partial charge in [-0.3, -0.25) is 9.89 Å². The second-order valence-electron chi connectivity index (χ2n) is 6.09. The van der Waals surface area contributed by atoms with E-state index >= 15 is 0 Å². The van der Waals surface area contributed by atoms with Crippen molar-refractivity contribution in [3.8, 4) is 34.3 Å². The molecule has 0 aliphatic rings. The number of hydrazone groups is 1. The topological polar surface area (TPSA) is 118 Å². The SMILES string of the molecule is CCOc1cc(/C=N/NC(=O)c2cc(-c3ccc(OC)cc3OC)n[nH]2)ccc1O. The third-order valence-corrected chi connectivity index (χ3v) is 4.17. The largest absolute Gasteiger partial charge is 0.504 e. The summed E-state index contributed by atoms with van der Waals surface area (Å²) in [5, 5.41) is 20.5. The van der Waals surface area contributed by atoms with E-state index in [-0.39, 0.29) is 11.4 Å². The van der Waals surface area contributed by atoms with Gasteiger partial charge in [-0.05, 0) is 48.9 Å². The number of aromatic hydroxyl groups is 1. The summed E-state index contributed by atoms with van der Waals surface area (Å²) in [5.74, 6) is 1.15. The molecule has 3 rings (SSSR count). The van der Waals surface area contributed by atoms with Crippen molar-refractivity contribution in [3.63, 3.8) is 0 Å². The molecule has 0 saturated heterocycles. The summed E-state index contributed by atoms with van der Waals surface area (Å²) in [6, 6.07) is 11.7. The molecule has 0 fully saturated rings. The molecule has 0 saturated carbocycles. The summed E-state index contributed by atoms with van der Waals surface area (Å²) in [6.45, 7) is 2.24. The maximum Gasteiger partial charge on any atom is 0.289 e. The molecule has 9 nitrogen and oxygen atoms in total. The first kappa shape index (κ1) is 20.7. The summed E-state index contributed by atoms with van der Waals surface area (Å²) in [5.41, 5.74) is 4.58. The predicted molar refractivity (Wildman–Crippen MR) is 111 cm³/mol. The number of aromatic amines is 1. The normalized spacial score (nSPS) is 10.8. The predicted octanol–water partition coefficient (Wildman–Crippen LogP) is 2.96. The monoisotopic (exact) mass is 410 g/mol. The van der Waals surface area contributed by atoms with E-state index in [9.17, 15) is 9.90 Å². The Bertz CT molecular complexity index is 1060. The van der Waals surface area contributed by atoms with Crippen molar-refractivity contribution in [2.24, 2.45) is 5.10 Å². The zero-order valence-electron chi connectivity index (χ0n) is 16.8. The van der Waals surface area contributed by atoms with Gasteiger partial charge < -0.3 is 19.3 Å². The van der Waals surface area contributed by atoms with Crippen LogP contribution in [0.25, 0.3) is 11.3 Å². The first-order valence-electron chi connectivity index (χ1n) is 9.12. The maximum atomic E-state index is 12.3. The van der Waals surface area contributed by atoms with Gasteiger partial charge in [0.05, 0.1) is 32.7 Å². The van der Waals surface area contributed by atoms with E-state index in [1.165, 1.54) is 12.3 Å². The zero-order valence-corrected chi connectivity index (χ0v) is 16.8. The van der Waals surface area contributed by atoms with E-state index in [0.717, 1.165) is 0 Å². The Morgan fingerprint density at radius 2 is 2.00 bits per heavy atom. The van der Waals surface area contributed by atoms with Crippen LogP contribution in [0.4, 0.5) is 0 Å². The molecule has 0 spiro atoms. The molecule has 3 aromatic rings. The number of hydrogen-bond donors (Lipinski definition) is 3. The molecule has 0 aliphatic heterocycles. The Morgan fingerprint density at radius 3 is 2.73 bits per heavy atom. The Labute approximate surface area is 173 Å². The number of nitrogens with one attached hydrogen (secondary N) is 2. The third-order valence-electron chi connectivity index (χ3n) is 4.17. The first-order valence-corrected chi connectivity index (χ1v) is 9.12. The number of ether oxygens (including phenoxy) is 3. The van der Waals surface area contributed by atoms with Gasteiger partial charge in [0.25, 0.3) is 5.91 Å². The van der Waals surface area contributed by atoms with Gasteiger partial charge in [0.15, 0.2) is 11.5 Å². The molecule has 1 aromatic heterocycles. The summed E-state index contributed by atoms with van der Waals surface area (Å²) in [6.07, 6.45) is 1.45. The number of carbonyl (C=O) groups is 1. The number of H-pyrrole nitrogens is 1. The fourth-order valence-electron chi connectivity index (χ4n) is 2.69. The number of phenolic OH excluding ortho intramolecular Hbond substituents is 1. The highest BCUT2D eigenvalue weighted by atomic mass is 16.5. The highest BCUT2D eigenvalue weighted by Crippen LogP contribution is 2.32. The van der Waals surface area contributed by atoms with Crippen molar-refractivity contribution < 1.29 is 24.1 Å². The van der Waals surface area contributed by atoms with Gasteiger partial charge in [0.2, 0.25) is 0 Å². The number of hydrogen-bond acceptors (Lipinski definition) is 7. The molecule has 2 aromatic carbocycles. The molecular weight excluding hydrogens is 388 g/mol. The van der Waals surface area contributed by atoms with Gasteiger partial charge >= 0.3 is 0 Å². The van der Waals surface area contributed by atoms with Gasteiger partial charge in [0, 0.05) is 11.6 Å². The standard InChI is InChI=1S/C21H22N4O5/c1-4-30-20-9-13(5-8-18(20)26)12-22-25-21(27)17-11-16(23-24-17)15-7-6-14(28-2)10-19(15)29-3/h5-12,26H,4H2,1-3H3,(H,23,24)(H,25,27)/b22-12+. The van der Waals surface area contributed by atoms with Crippen LogP contribution in [0.2, 0.25) is 0 Å². The number of carbonyl (C=O) groups excluding carboxylic acids is 1. The van der Waals surface area contributed by atoms with E-state index < -0.39 is 5.91 Å². The fourth-order valence-corrected chi connectivity index (χ4v) is 2.69. The Balaban J connectivity index is 1.70. The van der Waals surface area contributed by atoms with Crippen molar-refractivity contribution in [1.82, 2.24) is 15.6 Å². The van der Waals surface area contributed by atoms with Gasteiger partial charge in [-0.15, -0.1) is 0 Å². The zero-order chi connectivity index (χ0) is 21.5. The average molecular weight is 410 g/mol. The van der Waals surface area contributed by atoms with Crippen molar-refractivity contribution >= 4 is 12.1 Å². The first-order chi connectivity index (χ1) is 14.5. The number of amides is 1. The summed E-state index contributed by atoms with van der Waals surface area (Å²) < 4.78 is 15.9. The van der Waals surface area contributed by atoms with Crippen LogP contribution in [0.5, 0.6) is 23.0 Å². The Hall–Kier alpha value is -4.01. The average Bonchev–Trinajstić information content (AvgIpc) is 3.25. The molecule has 9 heteroatoms. The number of phenols is 1. The molecule has 0 aliphatic carbocycles. The molecule has 0 unspecified atom stereocenters. The lowest BCUT2D eigenvalue weighted by molar-refractivity contribution is 0.0950. The lowest BCUT2D eigenvalue weighted by atomic mass is 10.1. The van der Waals surface area contributed by atoms with Crippen molar-refractivity contribution in [2.45, 2.75) is 6.92 Å². The van der Waals surface area contributed by atoms with Gasteiger partial charge in [-0.25, -0.2) is 5.43 Å². The van der Waals surface area contributed by atoms with E-state index in [1.807, 2.05) is 6.92 Å². The second kappa shape index (κ2) is 9.46. The van der Waals surface area contributed by atoms with Crippen LogP contribution in [-0.2, 0) is 0 Å². The van der Waals surface area contributed by atoms with Gasteiger partial charge in [-0.2, -0.15) is 10.2 Å². The highest BCUT2D eigenvalue weighted by Gasteiger charge is 2.14. The number of aromatic nitrogens is 2. The Kier molecular flexibility index (Phi) is 6.53.